The average Bonchev–Trinajstić information content (AvgIpc) is 2.61. The van der Waals surface area contributed by atoms with Gasteiger partial charge in [-0.1, -0.05) is 41.9 Å². The number of hydrogen-bond acceptors (Lipinski definition) is 3. The zero-order chi connectivity index (χ0) is 19.2. The number of sulfonamides is 1. The summed E-state index contributed by atoms with van der Waals surface area (Å²) < 4.78 is 27.0. The Bertz CT molecular complexity index is 824. The predicted octanol–water partition coefficient (Wildman–Crippen LogP) is 3.14. The fourth-order valence-electron chi connectivity index (χ4n) is 2.44. The van der Waals surface area contributed by atoms with Gasteiger partial charge in [-0.25, -0.2) is 8.42 Å². The van der Waals surface area contributed by atoms with Gasteiger partial charge < -0.3 is 5.32 Å². The smallest absolute Gasteiger partial charge is 0.241 e. The number of amides is 1. The molecule has 5 nitrogen and oxygen atoms in total. The van der Waals surface area contributed by atoms with Gasteiger partial charge in [0.15, 0.2) is 0 Å². The predicted molar refractivity (Wildman–Crippen MR) is 104 cm³/mol. The van der Waals surface area contributed by atoms with E-state index >= 15 is 0 Å². The van der Waals surface area contributed by atoms with Crippen molar-refractivity contribution in [3.8, 4) is 0 Å². The van der Waals surface area contributed by atoms with Crippen molar-refractivity contribution in [2.75, 3.05) is 0 Å². The van der Waals surface area contributed by atoms with E-state index in [1.54, 1.807) is 0 Å². The topological polar surface area (TPSA) is 75.3 Å². The third-order valence-corrected chi connectivity index (χ3v) is 5.76. The van der Waals surface area contributed by atoms with Crippen LogP contribution in [0.2, 0.25) is 5.02 Å². The van der Waals surface area contributed by atoms with Gasteiger partial charge in [0.25, 0.3) is 0 Å². The standard InChI is InChI=1S/C19H23ClN2O3S/c1-14(8-9-16-6-4-3-5-7-16)21-19(23)15(2)22-26(24,25)18-12-10-17(20)11-13-18/h3-7,10-15,22H,8-9H2,1-2H3,(H,21,23)/t14-,15+/m0/s1. The minimum absolute atomic E-state index is 0.0646. The first-order valence-corrected chi connectivity index (χ1v) is 10.3. The normalized spacial score (nSPS) is 13.8. The van der Waals surface area contributed by atoms with Crippen LogP contribution in [0.15, 0.2) is 59.5 Å². The van der Waals surface area contributed by atoms with Crippen LogP contribution in [-0.2, 0) is 21.2 Å². The summed E-state index contributed by atoms with van der Waals surface area (Å²) in [6.45, 7) is 3.42. The van der Waals surface area contributed by atoms with Crippen molar-refractivity contribution in [2.24, 2.45) is 0 Å². The first-order valence-electron chi connectivity index (χ1n) is 8.40. The molecule has 0 aliphatic heterocycles. The molecule has 0 fully saturated rings. The molecular formula is C19H23ClN2O3S. The molecule has 140 valence electrons. The van der Waals surface area contributed by atoms with Gasteiger partial charge in [-0.2, -0.15) is 4.72 Å². The van der Waals surface area contributed by atoms with Crippen molar-refractivity contribution < 1.29 is 13.2 Å². The third-order valence-electron chi connectivity index (χ3n) is 3.95. The summed E-state index contributed by atoms with van der Waals surface area (Å²) in [7, 11) is -3.78. The zero-order valence-electron chi connectivity index (χ0n) is 14.8. The van der Waals surface area contributed by atoms with E-state index in [0.717, 1.165) is 12.8 Å². The summed E-state index contributed by atoms with van der Waals surface area (Å²) in [6, 6.07) is 14.8. The Morgan fingerprint density at radius 1 is 1.04 bits per heavy atom. The molecule has 0 heterocycles. The molecule has 2 N–H and O–H groups in total. The molecule has 0 saturated heterocycles. The molecule has 2 atom stereocenters. The number of nitrogens with one attached hydrogen (secondary N) is 2. The van der Waals surface area contributed by atoms with Gasteiger partial charge in [0.2, 0.25) is 15.9 Å². The minimum atomic E-state index is -3.78. The molecule has 0 saturated carbocycles. The lowest BCUT2D eigenvalue weighted by atomic mass is 10.1. The number of carbonyl (C=O) groups is 1. The number of carbonyl (C=O) groups excluding carboxylic acids is 1. The number of halogens is 1. The lowest BCUT2D eigenvalue weighted by Gasteiger charge is -2.18. The second kappa shape index (κ2) is 9.16. The van der Waals surface area contributed by atoms with Crippen LogP contribution in [-0.4, -0.2) is 26.4 Å². The Hall–Kier alpha value is -1.89. The molecule has 2 rings (SSSR count). The van der Waals surface area contributed by atoms with Gasteiger partial charge in [0, 0.05) is 11.1 Å². The van der Waals surface area contributed by atoms with Gasteiger partial charge in [-0.15, -0.1) is 0 Å². The van der Waals surface area contributed by atoms with Crippen LogP contribution in [0.4, 0.5) is 0 Å². The summed E-state index contributed by atoms with van der Waals surface area (Å²) in [5.74, 6) is -0.358. The van der Waals surface area contributed by atoms with E-state index < -0.39 is 16.1 Å². The second-order valence-electron chi connectivity index (χ2n) is 6.23. The molecule has 0 aromatic heterocycles. The van der Waals surface area contributed by atoms with E-state index in [2.05, 4.69) is 10.0 Å². The van der Waals surface area contributed by atoms with E-state index in [-0.39, 0.29) is 16.8 Å². The molecular weight excluding hydrogens is 372 g/mol. The van der Waals surface area contributed by atoms with E-state index in [1.807, 2.05) is 37.3 Å². The number of hydrogen-bond donors (Lipinski definition) is 2. The van der Waals surface area contributed by atoms with Gasteiger partial charge in [-0.3, -0.25) is 4.79 Å². The van der Waals surface area contributed by atoms with E-state index in [0.29, 0.717) is 5.02 Å². The SMILES string of the molecule is C[C@@H](CCc1ccccc1)NC(=O)[C@@H](C)NS(=O)(=O)c1ccc(Cl)cc1. The third kappa shape index (κ3) is 6.12. The van der Waals surface area contributed by atoms with Crippen molar-refractivity contribution in [2.45, 2.75) is 43.7 Å². The Labute approximate surface area is 159 Å². The average molecular weight is 395 g/mol. The molecule has 0 spiro atoms. The van der Waals surface area contributed by atoms with Crippen LogP contribution < -0.4 is 10.0 Å². The lowest BCUT2D eigenvalue weighted by Crippen LogP contribution is -2.47. The van der Waals surface area contributed by atoms with Crippen LogP contribution in [0.1, 0.15) is 25.8 Å². The number of benzene rings is 2. The summed E-state index contributed by atoms with van der Waals surface area (Å²) in [5.41, 5.74) is 1.20. The van der Waals surface area contributed by atoms with E-state index in [9.17, 15) is 13.2 Å². The van der Waals surface area contributed by atoms with Crippen LogP contribution in [0.25, 0.3) is 0 Å². The molecule has 0 aliphatic carbocycles. The fourth-order valence-corrected chi connectivity index (χ4v) is 3.76. The molecule has 2 aromatic rings. The molecule has 0 unspecified atom stereocenters. The second-order valence-corrected chi connectivity index (χ2v) is 8.38. The minimum Gasteiger partial charge on any atom is -0.352 e. The molecule has 1 amide bonds. The largest absolute Gasteiger partial charge is 0.352 e. The Morgan fingerprint density at radius 2 is 1.65 bits per heavy atom. The highest BCUT2D eigenvalue weighted by Crippen LogP contribution is 2.14. The Morgan fingerprint density at radius 3 is 2.27 bits per heavy atom. The highest BCUT2D eigenvalue weighted by atomic mass is 35.5. The van der Waals surface area contributed by atoms with Crippen LogP contribution in [0, 0.1) is 0 Å². The molecule has 0 radical (unpaired) electrons. The van der Waals surface area contributed by atoms with Gasteiger partial charge in [0.05, 0.1) is 10.9 Å². The maximum atomic E-state index is 12.3. The van der Waals surface area contributed by atoms with Crippen LogP contribution in [0.5, 0.6) is 0 Å². The summed E-state index contributed by atoms with van der Waals surface area (Å²) in [6.07, 6.45) is 1.61. The first-order chi connectivity index (χ1) is 12.3. The lowest BCUT2D eigenvalue weighted by molar-refractivity contribution is -0.123. The molecule has 2 aromatic carbocycles. The highest BCUT2D eigenvalue weighted by molar-refractivity contribution is 7.89. The van der Waals surface area contributed by atoms with Gasteiger partial charge in [0.1, 0.15) is 0 Å². The Kier molecular flexibility index (Phi) is 7.20. The highest BCUT2D eigenvalue weighted by Gasteiger charge is 2.22. The summed E-state index contributed by atoms with van der Waals surface area (Å²) in [4.78, 5) is 12.3. The quantitative estimate of drug-likeness (QED) is 0.722. The van der Waals surface area contributed by atoms with Gasteiger partial charge >= 0.3 is 0 Å². The van der Waals surface area contributed by atoms with Crippen molar-refractivity contribution in [3.63, 3.8) is 0 Å². The van der Waals surface area contributed by atoms with E-state index in [4.69, 9.17) is 11.6 Å². The molecule has 26 heavy (non-hydrogen) atoms. The fraction of sp³-hybridized carbons (Fsp3) is 0.316. The maximum Gasteiger partial charge on any atom is 0.241 e. The first kappa shape index (κ1) is 20.4. The molecule has 7 heteroatoms. The maximum absolute atomic E-state index is 12.3. The van der Waals surface area contributed by atoms with E-state index in [1.165, 1.54) is 36.8 Å². The number of rotatable bonds is 8. The van der Waals surface area contributed by atoms with Crippen LogP contribution in [0.3, 0.4) is 0 Å². The number of aryl methyl sites for hydroxylation is 1. The zero-order valence-corrected chi connectivity index (χ0v) is 16.3. The van der Waals surface area contributed by atoms with Crippen molar-refractivity contribution in [3.05, 3.63) is 65.2 Å². The van der Waals surface area contributed by atoms with Crippen molar-refractivity contribution in [1.82, 2.24) is 10.0 Å². The van der Waals surface area contributed by atoms with Crippen molar-refractivity contribution >= 4 is 27.5 Å². The van der Waals surface area contributed by atoms with Gasteiger partial charge in [-0.05, 0) is 56.5 Å². The summed E-state index contributed by atoms with van der Waals surface area (Å²) in [5, 5.41) is 3.29. The molecule has 0 bridgehead atoms. The van der Waals surface area contributed by atoms with Crippen LogP contribution >= 0.6 is 11.6 Å². The Balaban J connectivity index is 1.87. The summed E-state index contributed by atoms with van der Waals surface area (Å²) >= 11 is 5.77. The van der Waals surface area contributed by atoms with Crippen molar-refractivity contribution in [1.29, 1.82) is 0 Å². The monoisotopic (exact) mass is 394 g/mol. The molecule has 0 aliphatic rings.